The number of rotatable bonds is 4. The van der Waals surface area contributed by atoms with Gasteiger partial charge in [-0.3, -0.25) is 4.79 Å². The summed E-state index contributed by atoms with van der Waals surface area (Å²) in [5, 5.41) is 10.6. The maximum atomic E-state index is 12.2. The van der Waals surface area contributed by atoms with Crippen LogP contribution in [0.15, 0.2) is 16.8 Å². The smallest absolute Gasteiger partial charge is 0.227 e. The lowest BCUT2D eigenvalue weighted by atomic mass is 9.88. The highest BCUT2D eigenvalue weighted by atomic mass is 32.1. The Morgan fingerprint density at radius 3 is 3.12 bits per heavy atom. The van der Waals surface area contributed by atoms with Crippen molar-refractivity contribution in [3.8, 4) is 0 Å². The van der Waals surface area contributed by atoms with Crippen LogP contribution in [-0.2, 0) is 11.2 Å². The van der Waals surface area contributed by atoms with Gasteiger partial charge in [0.2, 0.25) is 5.91 Å². The molecule has 1 aliphatic rings. The molecular weight excluding hydrogens is 232 g/mol. The molecule has 0 aromatic carbocycles. The van der Waals surface area contributed by atoms with Crippen molar-refractivity contribution in [1.29, 1.82) is 0 Å². The zero-order chi connectivity index (χ0) is 12.3. The van der Waals surface area contributed by atoms with Crippen molar-refractivity contribution >= 4 is 17.2 Å². The summed E-state index contributed by atoms with van der Waals surface area (Å²) in [6.45, 7) is 5.85. The third kappa shape index (κ3) is 3.07. The van der Waals surface area contributed by atoms with Crippen LogP contribution in [0.25, 0.3) is 0 Å². The Labute approximate surface area is 107 Å². The van der Waals surface area contributed by atoms with E-state index in [0.29, 0.717) is 0 Å². The Kier molecular flexibility index (Phi) is 3.84. The van der Waals surface area contributed by atoms with E-state index in [1.54, 1.807) is 11.3 Å². The minimum Gasteiger partial charge on any atom is -0.353 e. The number of carbonyl (C=O) groups is 1. The predicted molar refractivity (Wildman–Crippen MR) is 71.2 cm³/mol. The first-order valence-electron chi connectivity index (χ1n) is 6.13. The Bertz CT molecular complexity index is 369. The number of hydrogen-bond donors (Lipinski definition) is 2. The largest absolute Gasteiger partial charge is 0.353 e. The molecule has 94 valence electrons. The topological polar surface area (TPSA) is 41.1 Å². The second-order valence-corrected chi connectivity index (χ2v) is 5.98. The first-order chi connectivity index (χ1) is 8.10. The molecule has 1 fully saturated rings. The Morgan fingerprint density at radius 1 is 1.71 bits per heavy atom. The molecule has 0 bridgehead atoms. The third-order valence-corrected chi connectivity index (χ3v) is 4.15. The number of carbonyl (C=O) groups excluding carboxylic acids is 1. The van der Waals surface area contributed by atoms with Crippen LogP contribution < -0.4 is 10.6 Å². The van der Waals surface area contributed by atoms with Crippen LogP contribution in [0.5, 0.6) is 0 Å². The fourth-order valence-corrected chi connectivity index (χ4v) is 2.90. The van der Waals surface area contributed by atoms with E-state index in [0.717, 1.165) is 25.9 Å². The van der Waals surface area contributed by atoms with Gasteiger partial charge in [0.05, 0.1) is 5.41 Å². The summed E-state index contributed by atoms with van der Waals surface area (Å²) in [6.07, 6.45) is 1.85. The predicted octanol–water partition coefficient (Wildman–Crippen LogP) is 1.79. The second-order valence-electron chi connectivity index (χ2n) is 5.20. The van der Waals surface area contributed by atoms with Crippen molar-refractivity contribution in [2.24, 2.45) is 5.41 Å². The monoisotopic (exact) mass is 252 g/mol. The number of amides is 1. The highest BCUT2D eigenvalue weighted by molar-refractivity contribution is 7.07. The van der Waals surface area contributed by atoms with Crippen molar-refractivity contribution in [1.82, 2.24) is 10.6 Å². The molecule has 2 rings (SSSR count). The Balaban J connectivity index is 1.86. The van der Waals surface area contributed by atoms with E-state index in [-0.39, 0.29) is 17.4 Å². The van der Waals surface area contributed by atoms with Crippen molar-refractivity contribution in [3.63, 3.8) is 0 Å². The molecule has 17 heavy (non-hydrogen) atoms. The molecule has 3 nitrogen and oxygen atoms in total. The zero-order valence-corrected chi connectivity index (χ0v) is 11.3. The molecule has 2 N–H and O–H groups in total. The van der Waals surface area contributed by atoms with Gasteiger partial charge in [-0.2, -0.15) is 11.3 Å². The van der Waals surface area contributed by atoms with Gasteiger partial charge >= 0.3 is 0 Å². The molecule has 0 saturated carbocycles. The van der Waals surface area contributed by atoms with Crippen LogP contribution in [-0.4, -0.2) is 25.0 Å². The SMILES string of the molecule is CC(Cc1ccsc1)NC(=O)C1(C)CCNC1. The van der Waals surface area contributed by atoms with Gasteiger partial charge in [0.15, 0.2) is 0 Å². The Morgan fingerprint density at radius 2 is 2.53 bits per heavy atom. The molecule has 1 aliphatic heterocycles. The molecule has 2 atom stereocenters. The second kappa shape index (κ2) is 5.19. The number of thiophene rings is 1. The first kappa shape index (κ1) is 12.6. The van der Waals surface area contributed by atoms with E-state index in [2.05, 4.69) is 34.4 Å². The van der Waals surface area contributed by atoms with E-state index >= 15 is 0 Å². The van der Waals surface area contributed by atoms with Crippen molar-refractivity contribution in [2.45, 2.75) is 32.7 Å². The summed E-state index contributed by atoms with van der Waals surface area (Å²) in [4.78, 5) is 12.2. The lowest BCUT2D eigenvalue weighted by molar-refractivity contribution is -0.129. The lowest BCUT2D eigenvalue weighted by Crippen LogP contribution is -2.44. The molecular formula is C13H20N2OS. The Hall–Kier alpha value is -0.870. The first-order valence-corrected chi connectivity index (χ1v) is 7.07. The van der Waals surface area contributed by atoms with E-state index < -0.39 is 0 Å². The van der Waals surface area contributed by atoms with Gasteiger partial charge < -0.3 is 10.6 Å². The maximum absolute atomic E-state index is 12.2. The molecule has 0 radical (unpaired) electrons. The normalized spacial score (nSPS) is 25.8. The van der Waals surface area contributed by atoms with Gasteiger partial charge in [0.25, 0.3) is 0 Å². The molecule has 2 unspecified atom stereocenters. The molecule has 1 aromatic heterocycles. The minimum atomic E-state index is -0.219. The molecule has 0 aliphatic carbocycles. The van der Waals surface area contributed by atoms with Gasteiger partial charge in [-0.25, -0.2) is 0 Å². The lowest BCUT2D eigenvalue weighted by Gasteiger charge is -2.24. The molecule has 0 spiro atoms. The average Bonchev–Trinajstić information content (AvgIpc) is 2.90. The van der Waals surface area contributed by atoms with Gasteiger partial charge in [0, 0.05) is 12.6 Å². The van der Waals surface area contributed by atoms with E-state index in [9.17, 15) is 4.79 Å². The third-order valence-electron chi connectivity index (χ3n) is 3.42. The molecule has 1 saturated heterocycles. The summed E-state index contributed by atoms with van der Waals surface area (Å²) >= 11 is 1.70. The zero-order valence-electron chi connectivity index (χ0n) is 10.5. The van der Waals surface area contributed by atoms with E-state index in [1.807, 2.05) is 6.92 Å². The van der Waals surface area contributed by atoms with Crippen LogP contribution >= 0.6 is 11.3 Å². The van der Waals surface area contributed by atoms with Crippen molar-refractivity contribution < 1.29 is 4.79 Å². The quantitative estimate of drug-likeness (QED) is 0.858. The summed E-state index contributed by atoms with van der Waals surface area (Å²) in [7, 11) is 0. The summed E-state index contributed by atoms with van der Waals surface area (Å²) < 4.78 is 0. The fourth-order valence-electron chi connectivity index (χ4n) is 2.22. The standard InChI is InChI=1S/C13H20N2OS/c1-10(7-11-3-6-17-8-11)15-12(16)13(2)4-5-14-9-13/h3,6,8,10,14H,4-5,7,9H2,1-2H3,(H,15,16). The van der Waals surface area contributed by atoms with E-state index in [4.69, 9.17) is 0 Å². The highest BCUT2D eigenvalue weighted by Crippen LogP contribution is 2.24. The minimum absolute atomic E-state index is 0.185. The van der Waals surface area contributed by atoms with Gasteiger partial charge in [-0.15, -0.1) is 0 Å². The van der Waals surface area contributed by atoms with Crippen LogP contribution in [0, 0.1) is 5.41 Å². The number of hydrogen-bond acceptors (Lipinski definition) is 3. The molecule has 1 amide bonds. The molecule has 1 aromatic rings. The van der Waals surface area contributed by atoms with Crippen molar-refractivity contribution in [2.75, 3.05) is 13.1 Å². The van der Waals surface area contributed by atoms with Crippen molar-refractivity contribution in [3.05, 3.63) is 22.4 Å². The van der Waals surface area contributed by atoms with E-state index in [1.165, 1.54) is 5.56 Å². The maximum Gasteiger partial charge on any atom is 0.227 e. The van der Waals surface area contributed by atoms with Gasteiger partial charge in [-0.1, -0.05) is 0 Å². The fraction of sp³-hybridized carbons (Fsp3) is 0.615. The summed E-state index contributed by atoms with van der Waals surface area (Å²) in [5.41, 5.74) is 1.08. The highest BCUT2D eigenvalue weighted by Gasteiger charge is 2.36. The van der Waals surface area contributed by atoms with Gasteiger partial charge in [0.1, 0.15) is 0 Å². The molecule has 2 heterocycles. The number of nitrogens with one attached hydrogen (secondary N) is 2. The molecule has 4 heteroatoms. The average molecular weight is 252 g/mol. The van der Waals surface area contributed by atoms with Gasteiger partial charge in [-0.05, 0) is 55.6 Å². The summed E-state index contributed by atoms with van der Waals surface area (Å²) in [5.74, 6) is 0.185. The van der Waals surface area contributed by atoms with Crippen LogP contribution in [0.1, 0.15) is 25.8 Å². The van der Waals surface area contributed by atoms with Crippen LogP contribution in [0.3, 0.4) is 0 Å². The summed E-state index contributed by atoms with van der Waals surface area (Å²) in [6, 6.07) is 2.32. The van der Waals surface area contributed by atoms with Crippen LogP contribution in [0.2, 0.25) is 0 Å². The van der Waals surface area contributed by atoms with Crippen LogP contribution in [0.4, 0.5) is 0 Å².